The molecule has 4 heteroatoms. The maximum Gasteiger partial charge on any atom is 0.135 e. The van der Waals surface area contributed by atoms with Gasteiger partial charge in [-0.15, -0.1) is 10.2 Å². The second-order valence-corrected chi connectivity index (χ2v) is 5.80. The Morgan fingerprint density at radius 3 is 2.83 bits per heavy atom. The third-order valence-corrected chi connectivity index (χ3v) is 4.64. The number of likely N-dealkylation sites (tertiary alicyclic amines) is 1. The van der Waals surface area contributed by atoms with Gasteiger partial charge in [0.2, 0.25) is 0 Å². The lowest BCUT2D eigenvalue weighted by Crippen LogP contribution is -2.32. The van der Waals surface area contributed by atoms with Crippen molar-refractivity contribution >= 4 is 0 Å². The molecule has 0 radical (unpaired) electrons. The van der Waals surface area contributed by atoms with Crippen molar-refractivity contribution in [2.75, 3.05) is 13.1 Å². The standard InChI is InChI=1S/C14H24N4/c1-3-17-8-5-7-12(17)10-13-15-16-14-11(2)6-4-9-18(13)14/h11-12H,3-10H2,1-2H3. The third kappa shape index (κ3) is 2.07. The Hall–Kier alpha value is -0.900. The second kappa shape index (κ2) is 5.00. The molecule has 0 N–H and O–H groups in total. The van der Waals surface area contributed by atoms with Crippen molar-refractivity contribution < 1.29 is 0 Å². The molecule has 3 heterocycles. The number of hydrogen-bond acceptors (Lipinski definition) is 3. The van der Waals surface area contributed by atoms with Crippen molar-refractivity contribution in [1.29, 1.82) is 0 Å². The molecule has 100 valence electrons. The van der Waals surface area contributed by atoms with Gasteiger partial charge in [0.15, 0.2) is 0 Å². The molecule has 0 spiro atoms. The molecular formula is C14H24N4. The molecule has 0 aromatic carbocycles. The van der Waals surface area contributed by atoms with E-state index in [2.05, 4.69) is 33.5 Å². The zero-order valence-electron chi connectivity index (χ0n) is 11.6. The quantitative estimate of drug-likeness (QED) is 0.822. The highest BCUT2D eigenvalue weighted by Gasteiger charge is 2.27. The first-order valence-electron chi connectivity index (χ1n) is 7.45. The molecule has 1 fully saturated rings. The number of fused-ring (bicyclic) bond motifs is 1. The number of nitrogens with zero attached hydrogens (tertiary/aromatic N) is 4. The van der Waals surface area contributed by atoms with Gasteiger partial charge in [-0.25, -0.2) is 0 Å². The summed E-state index contributed by atoms with van der Waals surface area (Å²) < 4.78 is 2.39. The molecule has 18 heavy (non-hydrogen) atoms. The van der Waals surface area contributed by atoms with Gasteiger partial charge in [-0.2, -0.15) is 0 Å². The summed E-state index contributed by atoms with van der Waals surface area (Å²) in [6, 6.07) is 0.695. The summed E-state index contributed by atoms with van der Waals surface area (Å²) in [5.74, 6) is 3.03. The first kappa shape index (κ1) is 12.2. The van der Waals surface area contributed by atoms with Crippen molar-refractivity contribution in [3.05, 3.63) is 11.6 Å². The van der Waals surface area contributed by atoms with Crippen molar-refractivity contribution in [3.63, 3.8) is 0 Å². The van der Waals surface area contributed by atoms with Crippen LogP contribution in [0.25, 0.3) is 0 Å². The van der Waals surface area contributed by atoms with E-state index in [1.54, 1.807) is 0 Å². The van der Waals surface area contributed by atoms with E-state index in [0.717, 1.165) is 13.0 Å². The molecule has 0 bridgehead atoms. The van der Waals surface area contributed by atoms with E-state index in [1.807, 2.05) is 0 Å². The third-order valence-electron chi connectivity index (χ3n) is 4.64. The summed E-state index contributed by atoms with van der Waals surface area (Å²) in [6.45, 7) is 8.10. The van der Waals surface area contributed by atoms with Gasteiger partial charge in [0, 0.05) is 24.9 Å². The van der Waals surface area contributed by atoms with E-state index < -0.39 is 0 Å². The van der Waals surface area contributed by atoms with Gasteiger partial charge in [0.1, 0.15) is 11.6 Å². The van der Waals surface area contributed by atoms with Gasteiger partial charge in [0.05, 0.1) is 0 Å². The maximum absolute atomic E-state index is 4.47. The lowest BCUT2D eigenvalue weighted by atomic mass is 10.0. The van der Waals surface area contributed by atoms with Crippen molar-refractivity contribution in [3.8, 4) is 0 Å². The molecule has 2 aliphatic rings. The van der Waals surface area contributed by atoms with Crippen LogP contribution in [0.4, 0.5) is 0 Å². The summed E-state index contributed by atoms with van der Waals surface area (Å²) >= 11 is 0. The van der Waals surface area contributed by atoms with Gasteiger partial charge < -0.3 is 9.47 Å². The van der Waals surface area contributed by atoms with Crippen molar-refractivity contribution in [2.24, 2.45) is 0 Å². The van der Waals surface area contributed by atoms with E-state index >= 15 is 0 Å². The first-order chi connectivity index (χ1) is 8.79. The van der Waals surface area contributed by atoms with Crippen LogP contribution in [0.2, 0.25) is 0 Å². The van der Waals surface area contributed by atoms with Crippen LogP contribution in [0, 0.1) is 0 Å². The number of rotatable bonds is 3. The average Bonchev–Trinajstić information content (AvgIpc) is 2.98. The van der Waals surface area contributed by atoms with Gasteiger partial charge in [-0.3, -0.25) is 0 Å². The Labute approximate surface area is 109 Å². The van der Waals surface area contributed by atoms with Crippen LogP contribution in [0.5, 0.6) is 0 Å². The maximum atomic E-state index is 4.47. The molecule has 0 amide bonds. The number of aromatic nitrogens is 3. The normalized spacial score (nSPS) is 28.6. The van der Waals surface area contributed by atoms with Crippen LogP contribution in [0.3, 0.4) is 0 Å². The Morgan fingerprint density at radius 2 is 2.00 bits per heavy atom. The zero-order chi connectivity index (χ0) is 12.5. The van der Waals surface area contributed by atoms with E-state index in [9.17, 15) is 0 Å². The van der Waals surface area contributed by atoms with Crippen molar-refractivity contribution in [2.45, 2.75) is 64.5 Å². The molecule has 1 aromatic rings. The van der Waals surface area contributed by atoms with E-state index in [1.165, 1.54) is 50.4 Å². The number of likely N-dealkylation sites (N-methyl/N-ethyl adjacent to an activating group) is 1. The van der Waals surface area contributed by atoms with Crippen LogP contribution in [-0.2, 0) is 13.0 Å². The minimum atomic E-state index is 0.589. The fraction of sp³-hybridized carbons (Fsp3) is 0.857. The predicted octanol–water partition coefficient (Wildman–Crippen LogP) is 2.20. The average molecular weight is 248 g/mol. The van der Waals surface area contributed by atoms with E-state index in [0.29, 0.717) is 12.0 Å². The zero-order valence-corrected chi connectivity index (χ0v) is 11.6. The highest BCUT2D eigenvalue weighted by atomic mass is 15.3. The minimum Gasteiger partial charge on any atom is -0.315 e. The van der Waals surface area contributed by atoms with E-state index in [4.69, 9.17) is 0 Å². The summed E-state index contributed by atoms with van der Waals surface area (Å²) in [7, 11) is 0. The topological polar surface area (TPSA) is 34.0 Å². The SMILES string of the molecule is CCN1CCCC1Cc1nnc2n1CCCC2C. The molecule has 1 saturated heterocycles. The predicted molar refractivity (Wildman–Crippen MR) is 71.6 cm³/mol. The van der Waals surface area contributed by atoms with Gasteiger partial charge in [0.25, 0.3) is 0 Å². The highest BCUT2D eigenvalue weighted by Crippen LogP contribution is 2.27. The molecule has 1 aromatic heterocycles. The molecule has 3 rings (SSSR count). The summed E-state index contributed by atoms with van der Waals surface area (Å²) in [6.07, 6.45) is 6.30. The lowest BCUT2D eigenvalue weighted by Gasteiger charge is -2.24. The van der Waals surface area contributed by atoms with Crippen LogP contribution >= 0.6 is 0 Å². The van der Waals surface area contributed by atoms with Crippen LogP contribution in [-0.4, -0.2) is 38.8 Å². The highest BCUT2D eigenvalue weighted by molar-refractivity contribution is 5.05. The Kier molecular flexibility index (Phi) is 3.37. The Morgan fingerprint density at radius 1 is 1.17 bits per heavy atom. The molecule has 4 nitrogen and oxygen atoms in total. The molecule has 2 aliphatic heterocycles. The van der Waals surface area contributed by atoms with E-state index in [-0.39, 0.29) is 0 Å². The van der Waals surface area contributed by atoms with Gasteiger partial charge >= 0.3 is 0 Å². The first-order valence-corrected chi connectivity index (χ1v) is 7.45. The summed E-state index contributed by atoms with van der Waals surface area (Å²) in [5.41, 5.74) is 0. The minimum absolute atomic E-state index is 0.589. The molecule has 2 unspecified atom stereocenters. The number of hydrogen-bond donors (Lipinski definition) is 0. The van der Waals surface area contributed by atoms with Gasteiger partial charge in [-0.1, -0.05) is 13.8 Å². The summed E-state index contributed by atoms with van der Waals surface area (Å²) in [4.78, 5) is 2.59. The molecule has 0 saturated carbocycles. The molecular weight excluding hydrogens is 224 g/mol. The van der Waals surface area contributed by atoms with Crippen LogP contribution in [0.1, 0.15) is 57.1 Å². The summed E-state index contributed by atoms with van der Waals surface area (Å²) in [5, 5.41) is 8.89. The van der Waals surface area contributed by atoms with Crippen LogP contribution < -0.4 is 0 Å². The lowest BCUT2D eigenvalue weighted by molar-refractivity contribution is 0.260. The molecule has 0 aliphatic carbocycles. The second-order valence-electron chi connectivity index (χ2n) is 5.80. The Balaban J connectivity index is 1.77. The monoisotopic (exact) mass is 248 g/mol. The largest absolute Gasteiger partial charge is 0.315 e. The van der Waals surface area contributed by atoms with Gasteiger partial charge in [-0.05, 0) is 38.8 Å². The fourth-order valence-corrected chi connectivity index (χ4v) is 3.55. The Bertz CT molecular complexity index is 412. The smallest absolute Gasteiger partial charge is 0.135 e. The fourth-order valence-electron chi connectivity index (χ4n) is 3.55. The van der Waals surface area contributed by atoms with Crippen molar-refractivity contribution in [1.82, 2.24) is 19.7 Å². The van der Waals surface area contributed by atoms with Crippen LogP contribution in [0.15, 0.2) is 0 Å². The molecule has 2 atom stereocenters.